The summed E-state index contributed by atoms with van der Waals surface area (Å²) in [7, 11) is 1.63. The van der Waals surface area contributed by atoms with Crippen molar-refractivity contribution >= 4 is 23.3 Å². The van der Waals surface area contributed by atoms with E-state index in [9.17, 15) is 4.79 Å². The molecule has 114 valence electrons. The van der Waals surface area contributed by atoms with Crippen LogP contribution in [0.5, 0.6) is 5.75 Å². The highest BCUT2D eigenvalue weighted by Crippen LogP contribution is 2.15. The van der Waals surface area contributed by atoms with Crippen molar-refractivity contribution in [2.45, 2.75) is 6.54 Å². The van der Waals surface area contributed by atoms with Crippen LogP contribution in [0, 0.1) is 0 Å². The van der Waals surface area contributed by atoms with E-state index in [0.717, 1.165) is 16.2 Å². The number of rotatable bonds is 7. The van der Waals surface area contributed by atoms with Gasteiger partial charge in [-0.2, -0.15) is 0 Å². The van der Waals surface area contributed by atoms with Crippen molar-refractivity contribution in [3.63, 3.8) is 0 Å². The Bertz CT molecular complexity index is 647. The highest BCUT2D eigenvalue weighted by molar-refractivity contribution is 7.09. The van der Waals surface area contributed by atoms with Crippen molar-refractivity contribution in [1.29, 1.82) is 0 Å². The molecule has 0 saturated heterocycles. The molecular formula is C18H19NO2S. The van der Waals surface area contributed by atoms with Crippen LogP contribution in [-0.2, 0) is 11.3 Å². The minimum Gasteiger partial charge on any atom is -0.497 e. The van der Waals surface area contributed by atoms with Gasteiger partial charge in [-0.25, -0.2) is 0 Å². The molecule has 1 amide bonds. The molecule has 0 aliphatic rings. The molecule has 1 aromatic heterocycles. The zero-order valence-corrected chi connectivity index (χ0v) is 13.4. The van der Waals surface area contributed by atoms with E-state index in [-0.39, 0.29) is 5.91 Å². The van der Waals surface area contributed by atoms with Gasteiger partial charge in [-0.1, -0.05) is 24.3 Å². The molecule has 0 fully saturated rings. The van der Waals surface area contributed by atoms with Gasteiger partial charge in [-0.05, 0) is 35.2 Å². The lowest BCUT2D eigenvalue weighted by molar-refractivity contribution is -0.126. The van der Waals surface area contributed by atoms with Gasteiger partial charge < -0.3 is 9.64 Å². The second-order valence-corrected chi connectivity index (χ2v) is 5.73. The Morgan fingerprint density at radius 1 is 1.36 bits per heavy atom. The highest BCUT2D eigenvalue weighted by Gasteiger charge is 2.10. The van der Waals surface area contributed by atoms with Gasteiger partial charge in [0.2, 0.25) is 5.91 Å². The third kappa shape index (κ3) is 4.60. The molecule has 0 saturated carbocycles. The minimum atomic E-state index is -0.0314. The van der Waals surface area contributed by atoms with E-state index in [1.54, 1.807) is 41.6 Å². The maximum absolute atomic E-state index is 12.4. The van der Waals surface area contributed by atoms with Crippen molar-refractivity contribution in [3.8, 4) is 5.75 Å². The first-order chi connectivity index (χ1) is 10.7. The van der Waals surface area contributed by atoms with E-state index < -0.39 is 0 Å². The number of amides is 1. The van der Waals surface area contributed by atoms with Gasteiger partial charge >= 0.3 is 0 Å². The topological polar surface area (TPSA) is 29.5 Å². The molecule has 0 unspecified atom stereocenters. The molecular weight excluding hydrogens is 294 g/mol. The molecule has 0 spiro atoms. The summed E-state index contributed by atoms with van der Waals surface area (Å²) in [6.45, 7) is 4.85. The number of nitrogens with zero attached hydrogens (tertiary/aromatic N) is 1. The third-order valence-electron chi connectivity index (χ3n) is 3.10. The SMILES string of the molecule is C=CCN(Cc1cccs1)C(=O)C=Cc1cccc(OC)c1. The molecule has 0 aliphatic carbocycles. The summed E-state index contributed by atoms with van der Waals surface area (Å²) in [6.07, 6.45) is 5.13. The Balaban J connectivity index is 2.06. The monoisotopic (exact) mass is 313 g/mol. The van der Waals surface area contributed by atoms with E-state index in [4.69, 9.17) is 4.74 Å². The van der Waals surface area contributed by atoms with Gasteiger partial charge in [0.1, 0.15) is 5.75 Å². The highest BCUT2D eigenvalue weighted by atomic mass is 32.1. The number of benzene rings is 1. The predicted octanol–water partition coefficient (Wildman–Crippen LogP) is 3.98. The lowest BCUT2D eigenvalue weighted by atomic mass is 10.2. The van der Waals surface area contributed by atoms with Crippen molar-refractivity contribution in [2.24, 2.45) is 0 Å². The zero-order chi connectivity index (χ0) is 15.8. The summed E-state index contributed by atoms with van der Waals surface area (Å²) in [5, 5.41) is 2.01. The fraction of sp³-hybridized carbons (Fsp3) is 0.167. The summed E-state index contributed by atoms with van der Waals surface area (Å²) in [6, 6.07) is 11.6. The van der Waals surface area contributed by atoms with Crippen LogP contribution in [0.1, 0.15) is 10.4 Å². The molecule has 22 heavy (non-hydrogen) atoms. The third-order valence-corrected chi connectivity index (χ3v) is 3.96. The number of hydrogen-bond donors (Lipinski definition) is 0. The molecule has 0 radical (unpaired) electrons. The Kier molecular flexibility index (Phi) is 5.98. The standard InChI is InChI=1S/C18H19NO2S/c1-3-11-19(14-17-8-5-12-22-17)18(20)10-9-15-6-4-7-16(13-15)21-2/h3-10,12-13H,1,11,14H2,2H3. The second kappa shape index (κ2) is 8.20. The molecule has 2 rings (SSSR count). The number of methoxy groups -OCH3 is 1. The summed E-state index contributed by atoms with van der Waals surface area (Å²) >= 11 is 1.65. The number of carbonyl (C=O) groups is 1. The maximum atomic E-state index is 12.4. The number of thiophene rings is 1. The minimum absolute atomic E-state index is 0.0314. The first kappa shape index (κ1) is 16.0. The van der Waals surface area contributed by atoms with Crippen LogP contribution >= 0.6 is 11.3 Å². The van der Waals surface area contributed by atoms with E-state index in [0.29, 0.717) is 13.1 Å². The maximum Gasteiger partial charge on any atom is 0.247 e. The average molecular weight is 313 g/mol. The molecule has 0 aliphatic heterocycles. The van der Waals surface area contributed by atoms with Crippen molar-refractivity contribution in [1.82, 2.24) is 4.90 Å². The normalized spacial score (nSPS) is 10.6. The van der Waals surface area contributed by atoms with Crippen LogP contribution in [0.15, 0.2) is 60.5 Å². The van der Waals surface area contributed by atoms with E-state index in [1.165, 1.54) is 0 Å². The van der Waals surface area contributed by atoms with Crippen molar-refractivity contribution < 1.29 is 9.53 Å². The van der Waals surface area contributed by atoms with Gasteiger partial charge in [0, 0.05) is 17.5 Å². The summed E-state index contributed by atoms with van der Waals surface area (Å²) in [5.41, 5.74) is 0.933. The van der Waals surface area contributed by atoms with Crippen LogP contribution in [0.4, 0.5) is 0 Å². The van der Waals surface area contributed by atoms with Crippen LogP contribution in [0.25, 0.3) is 6.08 Å². The molecule has 0 bridgehead atoms. The molecule has 4 heteroatoms. The van der Waals surface area contributed by atoms with E-state index >= 15 is 0 Å². The van der Waals surface area contributed by atoms with Gasteiger partial charge in [0.05, 0.1) is 13.7 Å². The molecule has 3 nitrogen and oxygen atoms in total. The van der Waals surface area contributed by atoms with Crippen LogP contribution < -0.4 is 4.74 Å². The lowest BCUT2D eigenvalue weighted by Crippen LogP contribution is -2.28. The Morgan fingerprint density at radius 2 is 2.23 bits per heavy atom. The van der Waals surface area contributed by atoms with Crippen molar-refractivity contribution in [3.05, 3.63) is 70.9 Å². The Morgan fingerprint density at radius 3 is 2.91 bits per heavy atom. The molecule has 1 heterocycles. The first-order valence-electron chi connectivity index (χ1n) is 6.97. The fourth-order valence-electron chi connectivity index (χ4n) is 2.00. The molecule has 0 N–H and O–H groups in total. The summed E-state index contributed by atoms with van der Waals surface area (Å²) < 4.78 is 5.18. The van der Waals surface area contributed by atoms with E-state index in [1.807, 2.05) is 41.8 Å². The molecule has 0 atom stereocenters. The number of carbonyl (C=O) groups excluding carboxylic acids is 1. The molecule has 1 aromatic carbocycles. The van der Waals surface area contributed by atoms with E-state index in [2.05, 4.69) is 6.58 Å². The molecule has 2 aromatic rings. The summed E-state index contributed by atoms with van der Waals surface area (Å²) in [5.74, 6) is 0.743. The van der Waals surface area contributed by atoms with Gasteiger partial charge in [-0.15, -0.1) is 17.9 Å². The smallest absolute Gasteiger partial charge is 0.247 e. The average Bonchev–Trinajstić information content (AvgIpc) is 3.05. The Labute approximate surface area is 135 Å². The second-order valence-electron chi connectivity index (χ2n) is 4.70. The number of hydrogen-bond acceptors (Lipinski definition) is 3. The largest absolute Gasteiger partial charge is 0.497 e. The van der Waals surface area contributed by atoms with Gasteiger partial charge in [-0.3, -0.25) is 4.79 Å². The van der Waals surface area contributed by atoms with Crippen LogP contribution in [-0.4, -0.2) is 24.5 Å². The van der Waals surface area contributed by atoms with Crippen LogP contribution in [0.2, 0.25) is 0 Å². The quantitative estimate of drug-likeness (QED) is 0.571. The Hall–Kier alpha value is -2.33. The van der Waals surface area contributed by atoms with Gasteiger partial charge in [0.25, 0.3) is 0 Å². The number of ether oxygens (including phenoxy) is 1. The van der Waals surface area contributed by atoms with Crippen LogP contribution in [0.3, 0.4) is 0 Å². The first-order valence-corrected chi connectivity index (χ1v) is 7.85. The lowest BCUT2D eigenvalue weighted by Gasteiger charge is -2.18. The van der Waals surface area contributed by atoms with Crippen molar-refractivity contribution in [2.75, 3.05) is 13.7 Å². The van der Waals surface area contributed by atoms with Gasteiger partial charge in [0.15, 0.2) is 0 Å². The zero-order valence-electron chi connectivity index (χ0n) is 12.6. The fourth-order valence-corrected chi connectivity index (χ4v) is 2.72. The predicted molar refractivity (Wildman–Crippen MR) is 92.0 cm³/mol. The summed E-state index contributed by atoms with van der Waals surface area (Å²) in [4.78, 5) is 15.3.